The smallest absolute Gasteiger partial charge is 0.294 e. The summed E-state index contributed by atoms with van der Waals surface area (Å²) in [4.78, 5) is 3.20. The van der Waals surface area contributed by atoms with Crippen LogP contribution >= 0.6 is 0 Å². The number of rotatable bonds is 2. The van der Waals surface area contributed by atoms with Gasteiger partial charge >= 0.3 is 6.36 Å². The Bertz CT molecular complexity index is 281. The summed E-state index contributed by atoms with van der Waals surface area (Å²) in [7, 11) is 0. The maximum absolute atomic E-state index is 11.4. The van der Waals surface area contributed by atoms with E-state index in [1.807, 2.05) is 0 Å². The van der Waals surface area contributed by atoms with Crippen LogP contribution in [-0.2, 0) is 4.84 Å². The fraction of sp³-hybridized carbons (Fsp3) is 0.125. The van der Waals surface area contributed by atoms with Gasteiger partial charge in [-0.2, -0.15) is 0 Å². The first-order chi connectivity index (χ1) is 6.08. The number of oxime groups is 1. The first-order valence-corrected chi connectivity index (χ1v) is 3.41. The van der Waals surface area contributed by atoms with E-state index in [1.165, 1.54) is 0 Å². The third kappa shape index (κ3) is 4.15. The van der Waals surface area contributed by atoms with Gasteiger partial charge in [0.15, 0.2) is 0 Å². The Labute approximate surface area is 72.6 Å². The summed E-state index contributed by atoms with van der Waals surface area (Å²) >= 11 is 0. The van der Waals surface area contributed by atoms with Crippen LogP contribution in [0.1, 0.15) is 5.56 Å². The first kappa shape index (κ1) is 9.57. The van der Waals surface area contributed by atoms with E-state index in [0.717, 1.165) is 6.21 Å². The Morgan fingerprint density at radius 2 is 1.77 bits per heavy atom. The molecule has 0 N–H and O–H groups in total. The van der Waals surface area contributed by atoms with Gasteiger partial charge in [0.25, 0.3) is 0 Å². The zero-order valence-corrected chi connectivity index (χ0v) is 6.45. The maximum atomic E-state index is 11.4. The lowest BCUT2D eigenvalue weighted by molar-refractivity contribution is -0.325. The van der Waals surface area contributed by atoms with Crippen molar-refractivity contribution in [1.82, 2.24) is 0 Å². The standard InChI is InChI=1S/C8H6F3NO/c9-8(10,11)13-12-6-7-4-2-1-3-5-7/h1-6H/b12-6+. The summed E-state index contributed by atoms with van der Waals surface area (Å²) in [6, 6.07) is 8.36. The van der Waals surface area contributed by atoms with Crippen LogP contribution in [-0.4, -0.2) is 12.6 Å². The molecule has 0 amide bonds. The van der Waals surface area contributed by atoms with Crippen LogP contribution in [0.3, 0.4) is 0 Å². The number of hydrogen-bond acceptors (Lipinski definition) is 2. The highest BCUT2D eigenvalue weighted by molar-refractivity contribution is 5.78. The van der Waals surface area contributed by atoms with Crippen LogP contribution in [0, 0.1) is 0 Å². The number of halogens is 3. The summed E-state index contributed by atoms with van der Waals surface area (Å²) in [5.41, 5.74) is 0.548. The largest absolute Gasteiger partial charge is 0.593 e. The van der Waals surface area contributed by atoms with Crippen LogP contribution < -0.4 is 0 Å². The summed E-state index contributed by atoms with van der Waals surface area (Å²) < 4.78 is 34.3. The lowest BCUT2D eigenvalue weighted by Gasteiger charge is -2.00. The maximum Gasteiger partial charge on any atom is 0.593 e. The van der Waals surface area contributed by atoms with Crippen molar-refractivity contribution >= 4 is 6.21 Å². The highest BCUT2D eigenvalue weighted by atomic mass is 19.4. The molecule has 0 aromatic heterocycles. The molecule has 1 aromatic carbocycles. The molecule has 0 heterocycles. The number of nitrogens with zero attached hydrogens (tertiary/aromatic N) is 1. The lowest BCUT2D eigenvalue weighted by Crippen LogP contribution is -2.08. The van der Waals surface area contributed by atoms with E-state index in [9.17, 15) is 13.2 Å². The van der Waals surface area contributed by atoms with E-state index in [4.69, 9.17) is 0 Å². The van der Waals surface area contributed by atoms with Gasteiger partial charge in [-0.1, -0.05) is 35.5 Å². The van der Waals surface area contributed by atoms with E-state index in [0.29, 0.717) is 5.56 Å². The van der Waals surface area contributed by atoms with Gasteiger partial charge in [-0.05, 0) is 5.56 Å². The highest BCUT2D eigenvalue weighted by Gasteiger charge is 2.30. The Kier molecular flexibility index (Phi) is 2.89. The zero-order chi connectivity index (χ0) is 9.73. The minimum absolute atomic E-state index is 0.548. The predicted molar refractivity (Wildman–Crippen MR) is 41.2 cm³/mol. The van der Waals surface area contributed by atoms with Crippen molar-refractivity contribution < 1.29 is 18.0 Å². The second-order valence-electron chi connectivity index (χ2n) is 2.18. The average molecular weight is 189 g/mol. The fourth-order valence-electron chi connectivity index (χ4n) is 0.686. The molecule has 0 fully saturated rings. The Hall–Kier alpha value is -1.52. The third-order valence-electron chi connectivity index (χ3n) is 1.16. The number of alkyl halides is 3. The molecule has 0 bridgehead atoms. The van der Waals surface area contributed by atoms with Crippen molar-refractivity contribution in [3.63, 3.8) is 0 Å². The van der Waals surface area contributed by atoms with Gasteiger partial charge in [0.2, 0.25) is 0 Å². The number of benzene rings is 1. The van der Waals surface area contributed by atoms with Crippen molar-refractivity contribution in [2.45, 2.75) is 6.36 Å². The molecule has 0 saturated carbocycles. The molecule has 5 heteroatoms. The van der Waals surface area contributed by atoms with Crippen molar-refractivity contribution in [1.29, 1.82) is 0 Å². The molecule has 0 atom stereocenters. The van der Waals surface area contributed by atoms with Gasteiger partial charge in [-0.25, -0.2) is 0 Å². The van der Waals surface area contributed by atoms with Crippen molar-refractivity contribution in [3.8, 4) is 0 Å². The SMILES string of the molecule is FC(F)(F)O/N=C/c1ccccc1. The average Bonchev–Trinajstić information content (AvgIpc) is 2.04. The minimum Gasteiger partial charge on any atom is -0.294 e. The second-order valence-corrected chi connectivity index (χ2v) is 2.18. The fourth-order valence-corrected chi connectivity index (χ4v) is 0.686. The Morgan fingerprint density at radius 3 is 2.31 bits per heavy atom. The lowest BCUT2D eigenvalue weighted by atomic mass is 10.2. The van der Waals surface area contributed by atoms with E-state index in [-0.39, 0.29) is 0 Å². The van der Waals surface area contributed by atoms with Crippen molar-refractivity contribution in [3.05, 3.63) is 35.9 Å². The molecule has 0 saturated heterocycles. The molecule has 0 aliphatic carbocycles. The zero-order valence-electron chi connectivity index (χ0n) is 6.45. The second kappa shape index (κ2) is 3.93. The summed E-state index contributed by atoms with van der Waals surface area (Å²) in [6.07, 6.45) is -3.72. The van der Waals surface area contributed by atoms with E-state index < -0.39 is 6.36 Å². The molecule has 1 aromatic rings. The quantitative estimate of drug-likeness (QED) is 0.517. The molecule has 2 nitrogen and oxygen atoms in total. The first-order valence-electron chi connectivity index (χ1n) is 3.41. The molecule has 0 aliphatic heterocycles. The highest BCUT2D eigenvalue weighted by Crippen LogP contribution is 2.15. The third-order valence-corrected chi connectivity index (χ3v) is 1.16. The number of hydrogen-bond donors (Lipinski definition) is 0. The van der Waals surface area contributed by atoms with Crippen molar-refractivity contribution in [2.24, 2.45) is 5.16 Å². The molecule has 13 heavy (non-hydrogen) atoms. The Morgan fingerprint density at radius 1 is 1.15 bits per heavy atom. The molecule has 0 spiro atoms. The van der Waals surface area contributed by atoms with Crippen LogP contribution in [0.4, 0.5) is 13.2 Å². The van der Waals surface area contributed by atoms with Gasteiger partial charge in [0.05, 0.1) is 6.21 Å². The van der Waals surface area contributed by atoms with Gasteiger partial charge in [0, 0.05) is 0 Å². The van der Waals surface area contributed by atoms with Crippen LogP contribution in [0.2, 0.25) is 0 Å². The molecular formula is C8H6F3NO. The molecule has 1 rings (SSSR count). The van der Waals surface area contributed by atoms with Gasteiger partial charge in [-0.15, -0.1) is 13.2 Å². The summed E-state index contributed by atoms with van der Waals surface area (Å²) in [6.45, 7) is 0. The monoisotopic (exact) mass is 189 g/mol. The van der Waals surface area contributed by atoms with E-state index in [2.05, 4.69) is 9.99 Å². The van der Waals surface area contributed by atoms with Gasteiger partial charge in [0.1, 0.15) is 0 Å². The molecule has 0 radical (unpaired) electrons. The van der Waals surface area contributed by atoms with E-state index >= 15 is 0 Å². The van der Waals surface area contributed by atoms with Crippen LogP contribution in [0.25, 0.3) is 0 Å². The molecule has 0 aliphatic rings. The van der Waals surface area contributed by atoms with Crippen LogP contribution in [0.5, 0.6) is 0 Å². The van der Waals surface area contributed by atoms with Crippen molar-refractivity contribution in [2.75, 3.05) is 0 Å². The summed E-state index contributed by atoms with van der Waals surface area (Å²) in [5.74, 6) is 0. The normalized spacial score (nSPS) is 11.9. The summed E-state index contributed by atoms with van der Waals surface area (Å²) in [5, 5.41) is 2.76. The van der Waals surface area contributed by atoms with Gasteiger partial charge in [-0.3, -0.25) is 4.84 Å². The van der Waals surface area contributed by atoms with Crippen LogP contribution in [0.15, 0.2) is 35.5 Å². The predicted octanol–water partition coefficient (Wildman–Crippen LogP) is 2.56. The molecule has 70 valence electrons. The van der Waals surface area contributed by atoms with Gasteiger partial charge < -0.3 is 0 Å². The molecular weight excluding hydrogens is 183 g/mol. The topological polar surface area (TPSA) is 21.6 Å². The molecule has 0 unspecified atom stereocenters. The Balaban J connectivity index is 2.51. The van der Waals surface area contributed by atoms with E-state index in [1.54, 1.807) is 30.3 Å². The minimum atomic E-state index is -4.72.